The molecule has 2 aliphatic rings. The van der Waals surface area contributed by atoms with Crippen LogP contribution in [0.15, 0.2) is 30.3 Å². The first-order chi connectivity index (χ1) is 17.5. The molecule has 0 N–H and O–H groups in total. The van der Waals surface area contributed by atoms with Gasteiger partial charge in [-0.25, -0.2) is 0 Å². The zero-order chi connectivity index (χ0) is 27.0. The van der Waals surface area contributed by atoms with Crippen molar-refractivity contribution in [1.82, 2.24) is 0 Å². The Morgan fingerprint density at radius 1 is 0.892 bits per heavy atom. The van der Waals surface area contributed by atoms with Crippen molar-refractivity contribution in [1.29, 1.82) is 0 Å². The van der Waals surface area contributed by atoms with Crippen LogP contribution in [0.25, 0.3) is 0 Å². The number of rotatable bonds is 6. The summed E-state index contributed by atoms with van der Waals surface area (Å²) in [5.41, 5.74) is 2.81. The van der Waals surface area contributed by atoms with Gasteiger partial charge in [0.25, 0.3) is 0 Å². The minimum atomic E-state index is -5.72. The van der Waals surface area contributed by atoms with Crippen LogP contribution in [0.4, 0.5) is 0 Å². The van der Waals surface area contributed by atoms with Gasteiger partial charge in [-0.05, 0) is 0 Å². The average Bonchev–Trinajstić information content (AvgIpc) is 3.25. The first kappa shape index (κ1) is 27.3. The SMILES string of the molecule is COc1ccc(C2CC3(OCCO3)c3c(C)cc(C)[c]([Pb]([O]C(C)=O)([O]C(C)=O)[O]C(C)=O)c3O2)cc1. The molecular formula is C26H30O10Pb. The van der Waals surface area contributed by atoms with Gasteiger partial charge in [0.2, 0.25) is 0 Å². The summed E-state index contributed by atoms with van der Waals surface area (Å²) in [6.45, 7) is 7.89. The van der Waals surface area contributed by atoms with E-state index < -0.39 is 52.3 Å². The average molecular weight is 710 g/mol. The molecule has 0 radical (unpaired) electrons. The summed E-state index contributed by atoms with van der Waals surface area (Å²) >= 11 is -5.72. The van der Waals surface area contributed by atoms with Gasteiger partial charge in [-0.1, -0.05) is 0 Å². The van der Waals surface area contributed by atoms with Crippen LogP contribution in [0.1, 0.15) is 55.5 Å². The van der Waals surface area contributed by atoms with E-state index in [2.05, 4.69) is 0 Å². The molecule has 11 heteroatoms. The Labute approximate surface area is 221 Å². The standard InChI is InChI=1S/C20H21O4.3C2H4O2.Pb/c1-13-10-14(2)19-17(11-13)24-18(12-20(19)22-8-9-23-20)15-4-6-16(21-3)7-5-15;3*1-2(3)4;/h4-7,10,18H,8-9,12H2,1-3H3;3*1H3,(H,3,4);/q;;;;+3/p-3. The number of aryl methyl sites for hydroxylation is 2. The van der Waals surface area contributed by atoms with Gasteiger partial charge in [0, 0.05) is 0 Å². The molecule has 1 atom stereocenters. The first-order valence-electron chi connectivity index (χ1n) is 11.8. The number of carbonyl (C=O) groups is 3. The van der Waals surface area contributed by atoms with Crippen molar-refractivity contribution < 1.29 is 41.4 Å². The molecule has 0 aromatic heterocycles. The van der Waals surface area contributed by atoms with Crippen molar-refractivity contribution in [3.63, 3.8) is 0 Å². The summed E-state index contributed by atoms with van der Waals surface area (Å²) < 4.78 is 41.6. The van der Waals surface area contributed by atoms with Gasteiger partial charge in [0.05, 0.1) is 0 Å². The molecule has 2 aliphatic heterocycles. The predicted molar refractivity (Wildman–Crippen MR) is 131 cm³/mol. The molecule has 2 aromatic carbocycles. The number of benzene rings is 2. The van der Waals surface area contributed by atoms with Gasteiger partial charge in [-0.15, -0.1) is 0 Å². The monoisotopic (exact) mass is 710 g/mol. The zero-order valence-electron chi connectivity index (χ0n) is 21.7. The Morgan fingerprint density at radius 3 is 1.92 bits per heavy atom. The van der Waals surface area contributed by atoms with Crippen LogP contribution in [0.5, 0.6) is 11.5 Å². The molecule has 1 spiro atoms. The van der Waals surface area contributed by atoms with E-state index in [4.69, 9.17) is 27.0 Å². The number of methoxy groups -OCH3 is 1. The molecule has 2 aromatic rings. The van der Waals surface area contributed by atoms with Crippen LogP contribution in [-0.2, 0) is 37.7 Å². The van der Waals surface area contributed by atoms with Gasteiger partial charge in [0.15, 0.2) is 0 Å². The van der Waals surface area contributed by atoms with Crippen molar-refractivity contribution in [2.24, 2.45) is 0 Å². The number of fused-ring (bicyclic) bond motifs is 2. The molecule has 198 valence electrons. The minimum absolute atomic E-state index is 0.269. The summed E-state index contributed by atoms with van der Waals surface area (Å²) in [4.78, 5) is 36.9. The maximum atomic E-state index is 12.3. The van der Waals surface area contributed by atoms with E-state index in [1.54, 1.807) is 14.0 Å². The fraction of sp³-hybridized carbons (Fsp3) is 0.423. The summed E-state index contributed by atoms with van der Waals surface area (Å²) in [5.74, 6) is -2.44. The van der Waals surface area contributed by atoms with Crippen LogP contribution >= 0.6 is 0 Å². The third kappa shape index (κ3) is 5.32. The Balaban J connectivity index is 2.00. The van der Waals surface area contributed by atoms with Gasteiger partial charge in [-0.3, -0.25) is 0 Å². The molecular weight excluding hydrogens is 679 g/mol. The second-order valence-corrected chi connectivity index (χ2v) is 17.6. The molecule has 37 heavy (non-hydrogen) atoms. The summed E-state index contributed by atoms with van der Waals surface area (Å²) in [6, 6.07) is 9.23. The topological polar surface area (TPSA) is 116 Å². The normalized spacial score (nSPS) is 17.9. The van der Waals surface area contributed by atoms with Crippen molar-refractivity contribution >= 4 is 43.6 Å². The molecule has 0 amide bonds. The molecule has 1 fully saturated rings. The Hall–Kier alpha value is -2.71. The molecule has 0 aliphatic carbocycles. The number of ether oxygens (including phenoxy) is 4. The second kappa shape index (κ2) is 10.6. The van der Waals surface area contributed by atoms with Crippen LogP contribution in [0.3, 0.4) is 0 Å². The number of carbonyl (C=O) groups excluding carboxylic acids is 3. The van der Waals surface area contributed by atoms with Gasteiger partial charge >= 0.3 is 222 Å². The van der Waals surface area contributed by atoms with E-state index >= 15 is 0 Å². The van der Waals surface area contributed by atoms with E-state index in [-0.39, 0.29) is 8.87 Å². The number of hydrogen-bond acceptors (Lipinski definition) is 10. The molecule has 10 nitrogen and oxygen atoms in total. The fourth-order valence-corrected chi connectivity index (χ4v) is 15.0. The third-order valence-electron chi connectivity index (χ3n) is 6.15. The van der Waals surface area contributed by atoms with Crippen molar-refractivity contribution in [2.75, 3.05) is 20.3 Å². The molecule has 4 rings (SSSR count). The molecule has 1 saturated heterocycles. The van der Waals surface area contributed by atoms with Gasteiger partial charge < -0.3 is 0 Å². The maximum absolute atomic E-state index is 12.3. The van der Waals surface area contributed by atoms with Crippen LogP contribution in [0, 0.1) is 13.8 Å². The predicted octanol–water partition coefficient (Wildman–Crippen LogP) is 2.87. The van der Waals surface area contributed by atoms with E-state index in [1.807, 2.05) is 37.3 Å². The third-order valence-corrected chi connectivity index (χ3v) is 17.4. The van der Waals surface area contributed by atoms with Gasteiger partial charge in [-0.2, -0.15) is 0 Å². The quantitative estimate of drug-likeness (QED) is 0.415. The number of hydrogen-bond donors (Lipinski definition) is 0. The van der Waals surface area contributed by atoms with E-state index in [0.29, 0.717) is 36.5 Å². The Bertz CT molecular complexity index is 1180. The zero-order valence-corrected chi connectivity index (χ0v) is 25.6. The van der Waals surface area contributed by atoms with E-state index in [9.17, 15) is 14.4 Å². The van der Waals surface area contributed by atoms with E-state index in [1.165, 1.54) is 20.8 Å². The molecule has 1 unspecified atom stereocenters. The van der Waals surface area contributed by atoms with Crippen LogP contribution in [0.2, 0.25) is 0 Å². The fourth-order valence-electron chi connectivity index (χ4n) is 4.96. The molecule has 0 saturated carbocycles. The van der Waals surface area contributed by atoms with Crippen LogP contribution in [-0.4, -0.2) is 60.8 Å². The van der Waals surface area contributed by atoms with Crippen molar-refractivity contribution in [3.05, 3.63) is 52.6 Å². The molecule has 0 bridgehead atoms. The van der Waals surface area contributed by atoms with Gasteiger partial charge in [0.1, 0.15) is 0 Å². The summed E-state index contributed by atoms with van der Waals surface area (Å²) in [7, 11) is 1.58. The van der Waals surface area contributed by atoms with Crippen LogP contribution < -0.4 is 12.6 Å². The van der Waals surface area contributed by atoms with Crippen molar-refractivity contribution in [2.45, 2.75) is 52.9 Å². The second-order valence-electron chi connectivity index (χ2n) is 8.96. The first-order valence-corrected chi connectivity index (χ1v) is 18.5. The van der Waals surface area contributed by atoms with Crippen molar-refractivity contribution in [3.8, 4) is 11.5 Å². The Morgan fingerprint density at radius 2 is 1.43 bits per heavy atom. The van der Waals surface area contributed by atoms with E-state index in [0.717, 1.165) is 11.1 Å². The molecule has 2 heterocycles. The Kier molecular flexibility index (Phi) is 7.81. The summed E-state index contributed by atoms with van der Waals surface area (Å²) in [6.07, 6.45) is -0.205. The summed E-state index contributed by atoms with van der Waals surface area (Å²) in [5, 5.41) is 0.